The van der Waals surface area contributed by atoms with Crippen LogP contribution >= 0.6 is 0 Å². The van der Waals surface area contributed by atoms with Crippen LogP contribution in [0.5, 0.6) is 0 Å². The Morgan fingerprint density at radius 2 is 1.07 bits per heavy atom. The van der Waals surface area contributed by atoms with E-state index in [1.165, 1.54) is 102 Å². The molecule has 1 rings (SSSR count). The summed E-state index contributed by atoms with van der Waals surface area (Å²) in [5.74, 6) is -2.22. The van der Waals surface area contributed by atoms with Crippen molar-refractivity contribution in [2.45, 2.75) is 174 Å². The molecular formula is C34H62F2N2O2. The molecule has 0 bridgehead atoms. The number of carbonyl (C=O) groups is 2. The second-order valence-corrected chi connectivity index (χ2v) is 11.8. The minimum Gasteiger partial charge on any atom is -0.364 e. The monoisotopic (exact) mass is 568 g/mol. The van der Waals surface area contributed by atoms with Crippen LogP contribution in [-0.2, 0) is 9.59 Å². The van der Waals surface area contributed by atoms with Crippen molar-refractivity contribution in [3.05, 3.63) is 23.8 Å². The molecule has 40 heavy (non-hydrogen) atoms. The molecule has 1 fully saturated rings. The van der Waals surface area contributed by atoms with Crippen LogP contribution in [0.2, 0.25) is 0 Å². The maximum atomic E-state index is 13.7. The number of hydrogen-bond acceptors (Lipinski definition) is 2. The number of amides is 2. The summed E-state index contributed by atoms with van der Waals surface area (Å²) in [4.78, 5) is 22.1. The number of unbranched alkanes of at least 4 members (excludes halogenated alkanes) is 18. The van der Waals surface area contributed by atoms with Gasteiger partial charge in [0.15, 0.2) is 11.7 Å². The van der Waals surface area contributed by atoms with E-state index in [4.69, 9.17) is 5.73 Å². The van der Waals surface area contributed by atoms with Crippen molar-refractivity contribution in [3.63, 3.8) is 0 Å². The van der Waals surface area contributed by atoms with Gasteiger partial charge in [-0.3, -0.25) is 9.59 Å². The van der Waals surface area contributed by atoms with E-state index < -0.39 is 23.5 Å². The summed E-state index contributed by atoms with van der Waals surface area (Å²) in [5.41, 5.74) is 4.77. The molecule has 0 heterocycles. The van der Waals surface area contributed by atoms with Crippen LogP contribution in [0.3, 0.4) is 0 Å². The number of hydrogen-bond donors (Lipinski definition) is 2. The van der Waals surface area contributed by atoms with Crippen LogP contribution in [-0.4, -0.2) is 17.9 Å². The Labute approximate surface area is 245 Å². The first-order valence-corrected chi connectivity index (χ1v) is 16.6. The first kappa shape index (κ1) is 38.3. The van der Waals surface area contributed by atoms with Crippen LogP contribution in [0.1, 0.15) is 168 Å². The molecule has 6 heteroatoms. The molecule has 1 aliphatic carbocycles. The van der Waals surface area contributed by atoms with Crippen LogP contribution in [0, 0.1) is 5.92 Å². The third-order valence-corrected chi connectivity index (χ3v) is 7.74. The summed E-state index contributed by atoms with van der Waals surface area (Å²) in [6.07, 6.45) is 29.6. The average Bonchev–Trinajstić information content (AvgIpc) is 3.34. The highest BCUT2D eigenvalue weighted by molar-refractivity contribution is 5.91. The van der Waals surface area contributed by atoms with Crippen LogP contribution < -0.4 is 11.1 Å². The van der Waals surface area contributed by atoms with Gasteiger partial charge in [-0.2, -0.15) is 0 Å². The summed E-state index contributed by atoms with van der Waals surface area (Å²) in [6.45, 7) is 6.64. The molecule has 234 valence electrons. The number of nitrogens with two attached hydrogens (primary N) is 1. The van der Waals surface area contributed by atoms with Gasteiger partial charge in [0.25, 0.3) is 11.8 Å². The lowest BCUT2D eigenvalue weighted by molar-refractivity contribution is -0.119. The van der Waals surface area contributed by atoms with Crippen molar-refractivity contribution in [1.29, 1.82) is 0 Å². The van der Waals surface area contributed by atoms with E-state index in [2.05, 4.69) is 26.1 Å². The number of allylic oxidation sites excluding steroid dienone is 2. The fourth-order valence-corrected chi connectivity index (χ4v) is 5.15. The van der Waals surface area contributed by atoms with Gasteiger partial charge in [0.05, 0.1) is 0 Å². The SMILES string of the molecule is CCCCCCCCCCC/C=C(/F)C(=O)N[C@@H]1CC[C@H](C)C1.CCCCCCCCCCC/C=C(/F)C(N)=O. The zero-order valence-corrected chi connectivity index (χ0v) is 26.2. The molecular weight excluding hydrogens is 506 g/mol. The highest BCUT2D eigenvalue weighted by Gasteiger charge is 2.23. The second kappa shape index (κ2) is 27.4. The lowest BCUT2D eigenvalue weighted by atomic mass is 10.1. The van der Waals surface area contributed by atoms with Crippen LogP contribution in [0.4, 0.5) is 8.78 Å². The molecule has 4 nitrogen and oxygen atoms in total. The smallest absolute Gasteiger partial charge is 0.279 e. The number of rotatable bonds is 23. The fraction of sp³-hybridized carbons (Fsp3) is 0.824. The molecule has 0 aromatic heterocycles. The minimum atomic E-state index is -0.957. The zero-order valence-electron chi connectivity index (χ0n) is 26.2. The molecule has 0 radical (unpaired) electrons. The predicted molar refractivity (Wildman–Crippen MR) is 166 cm³/mol. The summed E-state index contributed by atoms with van der Waals surface area (Å²) < 4.78 is 26.4. The van der Waals surface area contributed by atoms with Gasteiger partial charge in [-0.1, -0.05) is 124 Å². The van der Waals surface area contributed by atoms with Gasteiger partial charge in [-0.05, 0) is 63.0 Å². The normalized spacial score (nSPS) is 17.4. The first-order valence-electron chi connectivity index (χ1n) is 16.6. The number of primary amides is 1. The van der Waals surface area contributed by atoms with Crippen molar-refractivity contribution >= 4 is 11.8 Å². The highest BCUT2D eigenvalue weighted by atomic mass is 19.1. The molecule has 2 amide bonds. The van der Waals surface area contributed by atoms with E-state index in [0.717, 1.165) is 44.9 Å². The molecule has 1 saturated carbocycles. The molecule has 3 N–H and O–H groups in total. The van der Waals surface area contributed by atoms with Crippen molar-refractivity contribution in [2.24, 2.45) is 11.7 Å². The van der Waals surface area contributed by atoms with E-state index in [0.29, 0.717) is 18.8 Å². The Kier molecular flexibility index (Phi) is 26.3. The van der Waals surface area contributed by atoms with Crippen molar-refractivity contribution in [2.75, 3.05) is 0 Å². The molecule has 0 saturated heterocycles. The molecule has 1 aliphatic rings. The average molecular weight is 569 g/mol. The Morgan fingerprint density at radius 3 is 1.45 bits per heavy atom. The first-order chi connectivity index (χ1) is 19.3. The molecule has 0 unspecified atom stereocenters. The Balaban J connectivity index is 0.000000799. The van der Waals surface area contributed by atoms with Crippen LogP contribution in [0.15, 0.2) is 23.8 Å². The van der Waals surface area contributed by atoms with Crippen molar-refractivity contribution < 1.29 is 18.4 Å². The maximum absolute atomic E-state index is 13.7. The standard InChI is InChI=1S/C20H36FNO.C14H26FNO/c1-3-4-5-6-7-8-9-10-11-12-13-19(21)20(23)22-18-15-14-17(2)16-18;1-2-3-4-5-6-7-8-9-10-11-12-13(15)14(16)17/h13,17-18H,3-12,14-16H2,1-2H3,(H,22,23);12H,2-11H2,1H3,(H2,16,17)/b19-13+;13-12+/t17-,18+;/m0./s1. The number of nitrogens with one attached hydrogen (secondary N) is 1. The highest BCUT2D eigenvalue weighted by Crippen LogP contribution is 2.25. The quantitative estimate of drug-likeness (QED) is 0.0950. The van der Waals surface area contributed by atoms with Gasteiger partial charge in [0, 0.05) is 6.04 Å². The lowest BCUT2D eigenvalue weighted by Crippen LogP contribution is -2.33. The summed E-state index contributed by atoms with van der Waals surface area (Å²) in [5, 5.41) is 2.81. The summed E-state index contributed by atoms with van der Waals surface area (Å²) in [7, 11) is 0. The Morgan fingerprint density at radius 1 is 0.675 bits per heavy atom. The van der Waals surface area contributed by atoms with Crippen molar-refractivity contribution in [1.82, 2.24) is 5.32 Å². The van der Waals surface area contributed by atoms with Gasteiger partial charge in [0.1, 0.15) is 0 Å². The largest absolute Gasteiger partial charge is 0.364 e. The third kappa shape index (κ3) is 24.1. The van der Waals surface area contributed by atoms with E-state index in [1.54, 1.807) is 0 Å². The van der Waals surface area contributed by atoms with Crippen LogP contribution in [0.25, 0.3) is 0 Å². The van der Waals surface area contributed by atoms with E-state index in [1.807, 2.05) is 0 Å². The van der Waals surface area contributed by atoms with E-state index >= 15 is 0 Å². The molecule has 0 aliphatic heterocycles. The summed E-state index contributed by atoms with van der Waals surface area (Å²) in [6, 6.07) is 0.171. The van der Waals surface area contributed by atoms with E-state index in [-0.39, 0.29) is 6.04 Å². The zero-order chi connectivity index (χ0) is 29.8. The number of carbonyl (C=O) groups excluding carboxylic acids is 2. The molecule has 0 aromatic rings. The van der Waals surface area contributed by atoms with Gasteiger partial charge >= 0.3 is 0 Å². The van der Waals surface area contributed by atoms with Gasteiger partial charge in [0.2, 0.25) is 0 Å². The minimum absolute atomic E-state index is 0.171. The number of halogens is 2. The summed E-state index contributed by atoms with van der Waals surface area (Å²) >= 11 is 0. The van der Waals surface area contributed by atoms with Gasteiger partial charge in [-0.15, -0.1) is 0 Å². The fourth-order valence-electron chi connectivity index (χ4n) is 5.15. The van der Waals surface area contributed by atoms with Gasteiger partial charge in [-0.25, -0.2) is 8.78 Å². The topological polar surface area (TPSA) is 72.2 Å². The Hall–Kier alpha value is -1.72. The maximum Gasteiger partial charge on any atom is 0.279 e. The Bertz CT molecular complexity index is 693. The molecule has 0 aromatic carbocycles. The van der Waals surface area contributed by atoms with E-state index in [9.17, 15) is 18.4 Å². The molecule has 2 atom stereocenters. The third-order valence-electron chi connectivity index (χ3n) is 7.74. The predicted octanol–water partition coefficient (Wildman–Crippen LogP) is 10.3. The second-order valence-electron chi connectivity index (χ2n) is 11.8. The van der Waals surface area contributed by atoms with Gasteiger partial charge < -0.3 is 11.1 Å². The molecule has 0 spiro atoms. The van der Waals surface area contributed by atoms with Crippen molar-refractivity contribution in [3.8, 4) is 0 Å². The lowest BCUT2D eigenvalue weighted by Gasteiger charge is -2.11.